The third kappa shape index (κ3) is 6.45. The minimum absolute atomic E-state index is 0.0418. The molecule has 0 spiro atoms. The van der Waals surface area contributed by atoms with Crippen LogP contribution in [0.5, 0.6) is 11.5 Å². The van der Waals surface area contributed by atoms with Crippen molar-refractivity contribution in [2.75, 3.05) is 47.1 Å². The fourth-order valence-electron chi connectivity index (χ4n) is 4.20. The predicted molar refractivity (Wildman–Crippen MR) is 143 cm³/mol. The van der Waals surface area contributed by atoms with Crippen molar-refractivity contribution in [1.82, 2.24) is 9.21 Å². The first-order valence-electron chi connectivity index (χ1n) is 11.7. The van der Waals surface area contributed by atoms with Crippen LogP contribution in [0.15, 0.2) is 64.9 Å². The van der Waals surface area contributed by atoms with E-state index < -0.39 is 10.0 Å². The van der Waals surface area contributed by atoms with Gasteiger partial charge in [0.2, 0.25) is 15.9 Å². The lowest BCUT2D eigenvalue weighted by Crippen LogP contribution is -2.48. The number of amides is 1. The van der Waals surface area contributed by atoms with Gasteiger partial charge in [0.15, 0.2) is 0 Å². The van der Waals surface area contributed by atoms with E-state index in [1.54, 1.807) is 52.6 Å². The molecule has 1 amide bonds. The Morgan fingerprint density at radius 1 is 1.08 bits per heavy atom. The Bertz CT molecular complexity index is 1300. The molecule has 2 aromatic carbocycles. The zero-order chi connectivity index (χ0) is 26.4. The van der Waals surface area contributed by atoms with Crippen LogP contribution in [0.25, 0.3) is 0 Å². The Hall–Kier alpha value is -2.63. The van der Waals surface area contributed by atoms with Gasteiger partial charge in [0.25, 0.3) is 0 Å². The minimum atomic E-state index is -3.95. The van der Waals surface area contributed by atoms with E-state index >= 15 is 0 Å². The molecular formula is C26H29ClN2O6S2. The van der Waals surface area contributed by atoms with E-state index in [-0.39, 0.29) is 43.1 Å². The van der Waals surface area contributed by atoms with Crippen molar-refractivity contribution >= 4 is 38.9 Å². The standard InChI is InChI=1S/C26H29ClN2O6S2/c1-33-15-14-28(37(31,32)22-9-7-20(34-2)8-10-22)17-26(30)29-13-11-25-23(12-16-36-25)24(29)18-35-21-5-3-19(27)4-6-21/h3-10,12,16,24H,11,13-15,17-18H2,1-2H3. The molecule has 1 atom stereocenters. The number of sulfonamides is 1. The van der Waals surface area contributed by atoms with Crippen molar-refractivity contribution in [2.24, 2.45) is 0 Å². The third-order valence-corrected chi connectivity index (χ3v) is 9.30. The summed E-state index contributed by atoms with van der Waals surface area (Å²) in [5, 5.41) is 2.61. The first-order chi connectivity index (χ1) is 17.8. The summed E-state index contributed by atoms with van der Waals surface area (Å²) in [4.78, 5) is 16.6. The maximum atomic E-state index is 13.6. The molecule has 11 heteroatoms. The van der Waals surface area contributed by atoms with Gasteiger partial charge < -0.3 is 19.1 Å². The van der Waals surface area contributed by atoms with E-state index in [2.05, 4.69) is 0 Å². The number of rotatable bonds is 11. The summed E-state index contributed by atoms with van der Waals surface area (Å²) in [7, 11) is -0.945. The monoisotopic (exact) mass is 564 g/mol. The Morgan fingerprint density at radius 2 is 1.78 bits per heavy atom. The van der Waals surface area contributed by atoms with Gasteiger partial charge in [-0.05, 0) is 72.0 Å². The second-order valence-electron chi connectivity index (χ2n) is 8.42. The molecule has 0 aliphatic carbocycles. The largest absolute Gasteiger partial charge is 0.497 e. The zero-order valence-electron chi connectivity index (χ0n) is 20.6. The van der Waals surface area contributed by atoms with Crippen LogP contribution in [0.1, 0.15) is 16.5 Å². The number of thiophene rings is 1. The number of methoxy groups -OCH3 is 2. The lowest BCUT2D eigenvalue weighted by atomic mass is 10.0. The molecule has 1 aromatic heterocycles. The summed E-state index contributed by atoms with van der Waals surface area (Å²) < 4.78 is 44.4. The van der Waals surface area contributed by atoms with E-state index in [1.807, 2.05) is 11.4 Å². The number of nitrogens with zero attached hydrogens (tertiary/aromatic N) is 2. The molecule has 0 radical (unpaired) electrons. The average molecular weight is 565 g/mol. The van der Waals surface area contributed by atoms with Crippen LogP contribution < -0.4 is 9.47 Å². The number of ether oxygens (including phenoxy) is 3. The highest BCUT2D eigenvalue weighted by Crippen LogP contribution is 2.34. The lowest BCUT2D eigenvalue weighted by Gasteiger charge is -2.37. The van der Waals surface area contributed by atoms with Gasteiger partial charge in [-0.1, -0.05) is 11.6 Å². The van der Waals surface area contributed by atoms with E-state index in [4.69, 9.17) is 25.8 Å². The van der Waals surface area contributed by atoms with Crippen LogP contribution in [0.2, 0.25) is 5.02 Å². The van der Waals surface area contributed by atoms with Crippen LogP contribution in [0.3, 0.4) is 0 Å². The van der Waals surface area contributed by atoms with Gasteiger partial charge in [-0.3, -0.25) is 4.79 Å². The summed E-state index contributed by atoms with van der Waals surface area (Å²) in [5.41, 5.74) is 1.03. The SMILES string of the molecule is COCCN(CC(=O)N1CCc2sccc2C1COc1ccc(Cl)cc1)S(=O)(=O)c1ccc(OC)cc1. The second-order valence-corrected chi connectivity index (χ2v) is 11.8. The van der Waals surface area contributed by atoms with Crippen LogP contribution in [-0.2, 0) is 26.0 Å². The molecule has 8 nitrogen and oxygen atoms in total. The highest BCUT2D eigenvalue weighted by molar-refractivity contribution is 7.89. The van der Waals surface area contributed by atoms with Gasteiger partial charge >= 0.3 is 0 Å². The van der Waals surface area contributed by atoms with Crippen LogP contribution >= 0.6 is 22.9 Å². The van der Waals surface area contributed by atoms with Gasteiger partial charge in [0, 0.05) is 30.1 Å². The number of benzene rings is 2. The van der Waals surface area contributed by atoms with Crippen molar-refractivity contribution < 1.29 is 27.4 Å². The highest BCUT2D eigenvalue weighted by Gasteiger charge is 2.35. The fourth-order valence-corrected chi connectivity index (χ4v) is 6.62. The zero-order valence-corrected chi connectivity index (χ0v) is 23.0. The number of hydrogen-bond acceptors (Lipinski definition) is 7. The number of fused-ring (bicyclic) bond motifs is 1. The van der Waals surface area contributed by atoms with Crippen molar-refractivity contribution in [3.63, 3.8) is 0 Å². The van der Waals surface area contributed by atoms with Gasteiger partial charge in [-0.25, -0.2) is 8.42 Å². The molecule has 3 aromatic rings. The van der Waals surface area contributed by atoms with Crippen molar-refractivity contribution in [3.05, 3.63) is 75.4 Å². The van der Waals surface area contributed by atoms with E-state index in [0.717, 1.165) is 5.56 Å². The number of carbonyl (C=O) groups is 1. The Balaban J connectivity index is 1.55. The lowest BCUT2D eigenvalue weighted by molar-refractivity contribution is -0.135. The maximum absolute atomic E-state index is 13.6. The highest BCUT2D eigenvalue weighted by atomic mass is 35.5. The number of halogens is 1. The van der Waals surface area contributed by atoms with Crippen molar-refractivity contribution in [2.45, 2.75) is 17.4 Å². The molecule has 0 fully saturated rings. The Kier molecular flexibility index (Phi) is 9.09. The van der Waals surface area contributed by atoms with Gasteiger partial charge in [0.1, 0.15) is 18.1 Å². The van der Waals surface area contributed by atoms with Gasteiger partial charge in [0.05, 0.1) is 31.2 Å². The average Bonchev–Trinajstić information content (AvgIpc) is 3.39. The van der Waals surface area contributed by atoms with Gasteiger partial charge in [-0.15, -0.1) is 11.3 Å². The van der Waals surface area contributed by atoms with Crippen molar-refractivity contribution in [3.8, 4) is 11.5 Å². The fraction of sp³-hybridized carbons (Fsp3) is 0.346. The maximum Gasteiger partial charge on any atom is 0.243 e. The minimum Gasteiger partial charge on any atom is -0.497 e. The van der Waals surface area contributed by atoms with Crippen LogP contribution in [-0.4, -0.2) is 70.6 Å². The topological polar surface area (TPSA) is 85.4 Å². The smallest absolute Gasteiger partial charge is 0.243 e. The van der Waals surface area contributed by atoms with Gasteiger partial charge in [-0.2, -0.15) is 4.31 Å². The number of carbonyl (C=O) groups excluding carboxylic acids is 1. The molecular weight excluding hydrogens is 536 g/mol. The Labute approximate surface area is 226 Å². The third-order valence-electron chi connectivity index (χ3n) is 6.19. The van der Waals surface area contributed by atoms with Crippen LogP contribution in [0.4, 0.5) is 0 Å². The molecule has 0 saturated heterocycles. The first kappa shape index (κ1) is 27.4. The summed E-state index contributed by atoms with van der Waals surface area (Å²) in [6, 6.07) is 14.8. The van der Waals surface area contributed by atoms with E-state index in [9.17, 15) is 13.2 Å². The molecule has 1 aliphatic rings. The molecule has 2 heterocycles. The van der Waals surface area contributed by atoms with Crippen molar-refractivity contribution in [1.29, 1.82) is 0 Å². The quantitative estimate of drug-likeness (QED) is 0.346. The Morgan fingerprint density at radius 3 is 2.46 bits per heavy atom. The molecule has 0 saturated carbocycles. The summed E-state index contributed by atoms with van der Waals surface area (Å²) in [6.45, 7) is 0.595. The normalized spacial score (nSPS) is 15.5. The molecule has 198 valence electrons. The summed E-state index contributed by atoms with van der Waals surface area (Å²) >= 11 is 7.63. The first-order valence-corrected chi connectivity index (χ1v) is 14.4. The van der Waals surface area contributed by atoms with E-state index in [1.165, 1.54) is 35.5 Å². The molecule has 0 bridgehead atoms. The van der Waals surface area contributed by atoms with Crippen LogP contribution in [0, 0.1) is 0 Å². The molecule has 1 unspecified atom stereocenters. The molecule has 37 heavy (non-hydrogen) atoms. The predicted octanol–water partition coefficient (Wildman–Crippen LogP) is 4.25. The van der Waals surface area contributed by atoms with E-state index in [0.29, 0.717) is 29.5 Å². The number of hydrogen-bond donors (Lipinski definition) is 0. The molecule has 0 N–H and O–H groups in total. The molecule has 4 rings (SSSR count). The molecule has 1 aliphatic heterocycles. The summed E-state index contributed by atoms with van der Waals surface area (Å²) in [5.74, 6) is 0.889. The second kappa shape index (κ2) is 12.3. The summed E-state index contributed by atoms with van der Waals surface area (Å²) in [6.07, 6.45) is 0.708.